The lowest BCUT2D eigenvalue weighted by Crippen LogP contribution is -2.41. The summed E-state index contributed by atoms with van der Waals surface area (Å²) in [5.74, 6) is 0.852. The minimum absolute atomic E-state index is 0.0235. The Morgan fingerprint density at radius 3 is 2.96 bits per heavy atom. The van der Waals surface area contributed by atoms with E-state index in [1.54, 1.807) is 11.1 Å². The highest BCUT2D eigenvalue weighted by Gasteiger charge is 2.28. The molecular weight excluding hydrogens is 312 g/mol. The molecule has 126 valence electrons. The van der Waals surface area contributed by atoms with Gasteiger partial charge in [-0.2, -0.15) is 0 Å². The Labute approximate surface area is 147 Å². The van der Waals surface area contributed by atoms with Crippen LogP contribution >= 0.6 is 0 Å². The molecule has 3 aromatic rings. The molecule has 4 rings (SSSR count). The molecule has 0 saturated carbocycles. The second-order valence-electron chi connectivity index (χ2n) is 6.43. The lowest BCUT2D eigenvalue weighted by molar-refractivity contribution is -0.138. The van der Waals surface area contributed by atoms with Gasteiger partial charge < -0.3 is 9.64 Å². The number of ether oxygens (including phenoxy) is 1. The normalized spacial score (nSPS) is 16.1. The monoisotopic (exact) mass is 332 g/mol. The first-order valence-electron chi connectivity index (χ1n) is 8.54. The fourth-order valence-corrected chi connectivity index (χ4v) is 3.38. The third kappa shape index (κ3) is 3.07. The zero-order valence-corrected chi connectivity index (χ0v) is 14.2. The van der Waals surface area contributed by atoms with Gasteiger partial charge in [0.05, 0.1) is 5.52 Å². The van der Waals surface area contributed by atoms with Crippen LogP contribution in [-0.2, 0) is 17.8 Å². The third-order valence-corrected chi connectivity index (χ3v) is 4.71. The topological polar surface area (TPSA) is 42.4 Å². The molecule has 2 aromatic carbocycles. The predicted octanol–water partition coefficient (Wildman–Crippen LogP) is 3.59. The Morgan fingerprint density at radius 2 is 2.04 bits per heavy atom. The molecule has 1 unspecified atom stereocenters. The van der Waals surface area contributed by atoms with Gasteiger partial charge in [0.15, 0.2) is 6.10 Å². The summed E-state index contributed by atoms with van der Waals surface area (Å²) in [6, 6.07) is 17.9. The second-order valence-corrected chi connectivity index (χ2v) is 6.43. The number of likely N-dealkylation sites (N-methyl/N-ethyl adjacent to an activating group) is 1. The van der Waals surface area contributed by atoms with Crippen molar-refractivity contribution >= 4 is 16.8 Å². The van der Waals surface area contributed by atoms with Crippen LogP contribution in [0.25, 0.3) is 10.9 Å². The zero-order chi connectivity index (χ0) is 17.2. The summed E-state index contributed by atoms with van der Waals surface area (Å²) >= 11 is 0. The zero-order valence-electron chi connectivity index (χ0n) is 14.2. The number of rotatable bonds is 3. The van der Waals surface area contributed by atoms with Crippen LogP contribution in [0.3, 0.4) is 0 Å². The fraction of sp³-hybridized carbons (Fsp3) is 0.238. The molecule has 1 aliphatic rings. The Bertz CT molecular complexity index is 917. The number of fused-ring (bicyclic) bond motifs is 2. The summed E-state index contributed by atoms with van der Waals surface area (Å²) in [5, 5.41) is 1.08. The summed E-state index contributed by atoms with van der Waals surface area (Å²) in [4.78, 5) is 19.0. The van der Waals surface area contributed by atoms with Crippen molar-refractivity contribution < 1.29 is 9.53 Å². The van der Waals surface area contributed by atoms with Gasteiger partial charge in [-0.1, -0.05) is 36.4 Å². The number of hydrogen-bond donors (Lipinski definition) is 0. The molecule has 0 radical (unpaired) electrons. The van der Waals surface area contributed by atoms with Crippen LogP contribution < -0.4 is 4.74 Å². The minimum Gasteiger partial charge on any atom is -0.480 e. The number of para-hydroxylation sites is 1. The fourth-order valence-electron chi connectivity index (χ4n) is 3.38. The average Bonchev–Trinajstić information content (AvgIpc) is 2.67. The molecule has 4 nitrogen and oxygen atoms in total. The second kappa shape index (κ2) is 6.55. The average molecular weight is 332 g/mol. The van der Waals surface area contributed by atoms with E-state index in [-0.39, 0.29) is 5.91 Å². The largest absolute Gasteiger partial charge is 0.480 e. The number of carbonyl (C=O) groups is 1. The first-order chi connectivity index (χ1) is 12.2. The summed E-state index contributed by atoms with van der Waals surface area (Å²) < 4.78 is 5.94. The lowest BCUT2D eigenvalue weighted by Gasteiger charge is -2.29. The molecule has 0 aliphatic carbocycles. The molecule has 4 heteroatoms. The van der Waals surface area contributed by atoms with Gasteiger partial charge in [-0.3, -0.25) is 9.78 Å². The maximum atomic E-state index is 12.8. The highest BCUT2D eigenvalue weighted by Crippen LogP contribution is 2.28. The number of aryl methyl sites for hydroxylation is 1. The Hall–Kier alpha value is -2.88. The molecule has 0 N–H and O–H groups in total. The van der Waals surface area contributed by atoms with E-state index in [2.05, 4.69) is 11.1 Å². The van der Waals surface area contributed by atoms with E-state index >= 15 is 0 Å². The number of hydrogen-bond acceptors (Lipinski definition) is 3. The van der Waals surface area contributed by atoms with E-state index in [0.29, 0.717) is 6.54 Å². The van der Waals surface area contributed by atoms with Crippen LogP contribution in [0.4, 0.5) is 0 Å². The summed E-state index contributed by atoms with van der Waals surface area (Å²) in [7, 11) is 1.83. The summed E-state index contributed by atoms with van der Waals surface area (Å²) in [6.45, 7) is 0.545. The van der Waals surface area contributed by atoms with E-state index in [1.165, 1.54) is 5.56 Å². The molecule has 25 heavy (non-hydrogen) atoms. The van der Waals surface area contributed by atoms with Crippen LogP contribution in [0.2, 0.25) is 0 Å². The van der Waals surface area contributed by atoms with Gasteiger partial charge in [-0.25, -0.2) is 0 Å². The molecule has 0 bridgehead atoms. The summed E-state index contributed by atoms with van der Waals surface area (Å²) in [6.07, 6.45) is 2.97. The Kier molecular flexibility index (Phi) is 4.10. The van der Waals surface area contributed by atoms with Gasteiger partial charge in [-0.05, 0) is 42.2 Å². The van der Waals surface area contributed by atoms with Gasteiger partial charge >= 0.3 is 0 Å². The molecule has 1 aliphatic heterocycles. The van der Waals surface area contributed by atoms with Crippen LogP contribution in [0.1, 0.15) is 17.5 Å². The van der Waals surface area contributed by atoms with Crippen molar-refractivity contribution in [2.75, 3.05) is 7.05 Å². The van der Waals surface area contributed by atoms with Gasteiger partial charge in [0.25, 0.3) is 5.91 Å². The number of nitrogens with zero attached hydrogens (tertiary/aromatic N) is 2. The van der Waals surface area contributed by atoms with Crippen LogP contribution in [0.5, 0.6) is 5.75 Å². The quantitative estimate of drug-likeness (QED) is 0.736. The van der Waals surface area contributed by atoms with Crippen molar-refractivity contribution in [3.05, 3.63) is 71.9 Å². The minimum atomic E-state index is -0.409. The highest BCUT2D eigenvalue weighted by atomic mass is 16.5. The molecule has 1 amide bonds. The molecule has 1 aromatic heterocycles. The van der Waals surface area contributed by atoms with Crippen LogP contribution in [-0.4, -0.2) is 28.9 Å². The van der Waals surface area contributed by atoms with E-state index in [0.717, 1.165) is 35.1 Å². The standard InChI is InChI=1S/C21H20N2O2/c1-23(14-16-7-4-9-18-17(16)8-5-13-22-18)21(24)20-12-11-15-6-2-3-10-19(15)25-20/h2-10,13,20H,11-12,14H2,1H3. The van der Waals surface area contributed by atoms with E-state index in [4.69, 9.17) is 4.74 Å². The van der Waals surface area contributed by atoms with Crippen molar-refractivity contribution in [1.82, 2.24) is 9.88 Å². The highest BCUT2D eigenvalue weighted by molar-refractivity contribution is 5.84. The molecule has 1 atom stereocenters. The van der Waals surface area contributed by atoms with Crippen molar-refractivity contribution in [3.63, 3.8) is 0 Å². The Balaban J connectivity index is 1.51. The molecule has 0 spiro atoms. The number of amides is 1. The van der Waals surface area contributed by atoms with E-state index in [9.17, 15) is 4.79 Å². The number of pyridine rings is 1. The summed E-state index contributed by atoms with van der Waals surface area (Å²) in [5.41, 5.74) is 3.22. The molecular formula is C21H20N2O2. The SMILES string of the molecule is CN(Cc1cccc2ncccc12)C(=O)C1CCc2ccccc2O1. The maximum absolute atomic E-state index is 12.8. The molecule has 0 saturated heterocycles. The smallest absolute Gasteiger partial charge is 0.263 e. The van der Waals surface area contributed by atoms with E-state index < -0.39 is 6.10 Å². The first kappa shape index (κ1) is 15.6. The van der Waals surface area contributed by atoms with Gasteiger partial charge in [0.1, 0.15) is 5.75 Å². The number of benzene rings is 2. The predicted molar refractivity (Wildman–Crippen MR) is 97.4 cm³/mol. The van der Waals surface area contributed by atoms with E-state index in [1.807, 2.05) is 55.6 Å². The Morgan fingerprint density at radius 1 is 1.16 bits per heavy atom. The van der Waals surface area contributed by atoms with Crippen molar-refractivity contribution in [3.8, 4) is 5.75 Å². The van der Waals surface area contributed by atoms with Crippen molar-refractivity contribution in [2.24, 2.45) is 0 Å². The first-order valence-corrected chi connectivity index (χ1v) is 8.54. The maximum Gasteiger partial charge on any atom is 0.263 e. The van der Waals surface area contributed by atoms with Gasteiger partial charge in [0, 0.05) is 25.2 Å². The molecule has 0 fully saturated rings. The van der Waals surface area contributed by atoms with Gasteiger partial charge in [0.2, 0.25) is 0 Å². The number of carbonyl (C=O) groups excluding carboxylic acids is 1. The van der Waals surface area contributed by atoms with Crippen molar-refractivity contribution in [2.45, 2.75) is 25.5 Å². The number of aromatic nitrogens is 1. The van der Waals surface area contributed by atoms with Crippen LogP contribution in [0, 0.1) is 0 Å². The van der Waals surface area contributed by atoms with Crippen LogP contribution in [0.15, 0.2) is 60.8 Å². The van der Waals surface area contributed by atoms with Gasteiger partial charge in [-0.15, -0.1) is 0 Å². The van der Waals surface area contributed by atoms with Crippen molar-refractivity contribution in [1.29, 1.82) is 0 Å². The third-order valence-electron chi connectivity index (χ3n) is 4.71. The lowest BCUT2D eigenvalue weighted by atomic mass is 10.0. The molecule has 2 heterocycles.